The van der Waals surface area contributed by atoms with Crippen molar-refractivity contribution < 1.29 is 4.74 Å². The van der Waals surface area contributed by atoms with E-state index >= 15 is 0 Å². The fourth-order valence-electron chi connectivity index (χ4n) is 6.74. The van der Waals surface area contributed by atoms with Crippen molar-refractivity contribution >= 4 is 11.2 Å². The molecule has 0 unspecified atom stereocenters. The molecule has 0 N–H and O–H groups in total. The maximum absolute atomic E-state index is 6.36. The average molecular weight is 431 g/mol. The van der Waals surface area contributed by atoms with Gasteiger partial charge < -0.3 is 4.74 Å². The molecule has 166 valence electrons. The third kappa shape index (κ3) is 2.86. The normalized spacial score (nSPS) is 36.0. The Bertz CT molecular complexity index is 1210. The molecule has 7 heteroatoms. The van der Waals surface area contributed by atoms with Gasteiger partial charge in [0.1, 0.15) is 11.3 Å². The molecule has 1 saturated heterocycles. The predicted molar refractivity (Wildman–Crippen MR) is 119 cm³/mol. The summed E-state index contributed by atoms with van der Waals surface area (Å²) in [7, 11) is 0. The van der Waals surface area contributed by atoms with Gasteiger partial charge in [-0.1, -0.05) is 6.92 Å². The molecule has 0 radical (unpaired) electrons. The van der Waals surface area contributed by atoms with Gasteiger partial charge in [0.25, 0.3) is 0 Å². The van der Waals surface area contributed by atoms with Crippen LogP contribution in [0.15, 0.2) is 18.6 Å². The Kier molecular flexibility index (Phi) is 3.78. The molecule has 3 aromatic heterocycles. The van der Waals surface area contributed by atoms with Gasteiger partial charge in [0.15, 0.2) is 5.65 Å². The van der Waals surface area contributed by atoms with E-state index < -0.39 is 0 Å². The largest absolute Gasteiger partial charge is 0.370 e. The molecule has 7 nitrogen and oxygen atoms in total. The number of nitrogens with zero attached hydrogens (tertiary/aromatic N) is 6. The fraction of sp³-hybridized carbons (Fsp3) is 0.640. The molecule has 4 aliphatic carbocycles. The molecular weight excluding hydrogens is 400 g/mol. The molecule has 0 amide bonds. The highest BCUT2D eigenvalue weighted by Crippen LogP contribution is 2.73. The summed E-state index contributed by atoms with van der Waals surface area (Å²) in [6, 6.07) is 0.587. The van der Waals surface area contributed by atoms with Crippen molar-refractivity contribution in [3.63, 3.8) is 0 Å². The van der Waals surface area contributed by atoms with Crippen LogP contribution in [0.2, 0.25) is 0 Å². The summed E-state index contributed by atoms with van der Waals surface area (Å²) in [5.41, 5.74) is 5.60. The zero-order chi connectivity index (χ0) is 21.7. The van der Waals surface area contributed by atoms with Gasteiger partial charge >= 0.3 is 0 Å². The number of fused-ring (bicyclic) bond motifs is 1. The monoisotopic (exact) mass is 430 g/mol. The van der Waals surface area contributed by atoms with Gasteiger partial charge in [-0.05, 0) is 64.2 Å². The second-order valence-corrected chi connectivity index (χ2v) is 11.3. The molecule has 2 bridgehead atoms. The number of rotatable bonds is 4. The molecule has 32 heavy (non-hydrogen) atoms. The van der Waals surface area contributed by atoms with Crippen molar-refractivity contribution in [1.82, 2.24) is 29.7 Å². The lowest BCUT2D eigenvalue weighted by molar-refractivity contribution is -0.127. The van der Waals surface area contributed by atoms with Gasteiger partial charge in [-0.3, -0.25) is 4.68 Å². The Balaban J connectivity index is 1.26. The maximum Gasteiger partial charge on any atom is 0.182 e. The minimum Gasteiger partial charge on any atom is -0.370 e. The van der Waals surface area contributed by atoms with Crippen LogP contribution in [-0.4, -0.2) is 35.8 Å². The molecule has 8 rings (SSSR count). The number of aromatic nitrogens is 6. The van der Waals surface area contributed by atoms with E-state index in [4.69, 9.17) is 24.7 Å². The average Bonchev–Trinajstić information content (AvgIpc) is 3.45. The SMILES string of the molecule is Cc1cnc2c(C34CC(C)(C3)C4)nc([C@@H]3C[C@@H](C)O[C@H](c4cnn(C5CC5)c4)C3)nc2n1. The molecular formula is C25H30N6O. The third-order valence-electron chi connectivity index (χ3n) is 8.13. The lowest BCUT2D eigenvalue weighted by Gasteiger charge is -2.69. The van der Waals surface area contributed by atoms with Crippen LogP contribution >= 0.6 is 0 Å². The van der Waals surface area contributed by atoms with Crippen molar-refractivity contribution in [2.75, 3.05) is 0 Å². The first kappa shape index (κ1) is 19.1. The Morgan fingerprint density at radius 1 is 1.06 bits per heavy atom. The summed E-state index contributed by atoms with van der Waals surface area (Å²) in [5.74, 6) is 1.18. The number of aryl methyl sites for hydroxylation is 1. The first-order valence-electron chi connectivity index (χ1n) is 12.1. The van der Waals surface area contributed by atoms with Crippen molar-refractivity contribution in [2.45, 2.75) is 95.3 Å². The van der Waals surface area contributed by atoms with E-state index in [1.165, 1.54) is 37.7 Å². The smallest absolute Gasteiger partial charge is 0.182 e. The first-order chi connectivity index (χ1) is 15.4. The second-order valence-electron chi connectivity index (χ2n) is 11.3. The quantitative estimate of drug-likeness (QED) is 0.596. The lowest BCUT2D eigenvalue weighted by Crippen LogP contribution is -2.63. The van der Waals surface area contributed by atoms with Crippen LogP contribution in [0.25, 0.3) is 11.2 Å². The van der Waals surface area contributed by atoms with E-state index in [0.717, 1.165) is 41.2 Å². The highest BCUT2D eigenvalue weighted by molar-refractivity contribution is 5.75. The second kappa shape index (κ2) is 6.34. The van der Waals surface area contributed by atoms with E-state index in [1.54, 1.807) is 0 Å². The summed E-state index contributed by atoms with van der Waals surface area (Å²) < 4.78 is 8.47. The lowest BCUT2D eigenvalue weighted by atomic mass is 9.35. The molecule has 0 spiro atoms. The van der Waals surface area contributed by atoms with Gasteiger partial charge in [-0.2, -0.15) is 5.10 Å². The van der Waals surface area contributed by atoms with Gasteiger partial charge in [0.05, 0.1) is 35.8 Å². The van der Waals surface area contributed by atoms with Crippen LogP contribution in [0.1, 0.15) is 99.6 Å². The summed E-state index contributed by atoms with van der Waals surface area (Å²) in [4.78, 5) is 19.7. The third-order valence-corrected chi connectivity index (χ3v) is 8.13. The molecule has 5 aliphatic rings. The Hall–Kier alpha value is -2.41. The van der Waals surface area contributed by atoms with Gasteiger partial charge in [0.2, 0.25) is 0 Å². The van der Waals surface area contributed by atoms with Crippen LogP contribution < -0.4 is 0 Å². The maximum atomic E-state index is 6.36. The molecule has 0 aromatic carbocycles. The van der Waals surface area contributed by atoms with E-state index in [0.29, 0.717) is 11.5 Å². The van der Waals surface area contributed by atoms with Crippen LogP contribution in [-0.2, 0) is 10.2 Å². The minimum absolute atomic E-state index is 0.0384. The Morgan fingerprint density at radius 2 is 1.88 bits per heavy atom. The van der Waals surface area contributed by atoms with E-state index in [-0.39, 0.29) is 23.5 Å². The van der Waals surface area contributed by atoms with Crippen LogP contribution in [0.5, 0.6) is 0 Å². The summed E-state index contributed by atoms with van der Waals surface area (Å²) >= 11 is 0. The Morgan fingerprint density at radius 3 is 2.62 bits per heavy atom. The molecule has 1 aliphatic heterocycles. The van der Waals surface area contributed by atoms with Crippen LogP contribution in [0.4, 0.5) is 0 Å². The standard InChI is InChI=1S/C25H30N6O/c1-14-8-26-20-21(25-11-24(3,12-25)13-25)29-22(30-23(20)28-14)16-6-15(2)32-19(7-16)17-9-27-31(10-17)18-4-5-18/h8-10,15-16,18-19H,4-7,11-13H2,1-3H3/t15-,16-,19+,24?,25?/m1/s1. The van der Waals surface area contributed by atoms with Crippen LogP contribution in [0, 0.1) is 12.3 Å². The van der Waals surface area contributed by atoms with Gasteiger partial charge in [0, 0.05) is 29.3 Å². The predicted octanol–water partition coefficient (Wildman–Crippen LogP) is 4.73. The van der Waals surface area contributed by atoms with E-state index in [1.807, 2.05) is 19.3 Å². The topological polar surface area (TPSA) is 78.6 Å². The van der Waals surface area contributed by atoms with Gasteiger partial charge in [-0.25, -0.2) is 19.9 Å². The van der Waals surface area contributed by atoms with Crippen molar-refractivity contribution in [3.05, 3.63) is 41.4 Å². The molecule has 3 aromatic rings. The zero-order valence-electron chi connectivity index (χ0n) is 19.1. The zero-order valence-corrected chi connectivity index (χ0v) is 19.1. The molecule has 5 fully saturated rings. The van der Waals surface area contributed by atoms with Gasteiger partial charge in [-0.15, -0.1) is 0 Å². The van der Waals surface area contributed by atoms with Crippen molar-refractivity contribution in [3.8, 4) is 0 Å². The van der Waals surface area contributed by atoms with Crippen LogP contribution in [0.3, 0.4) is 0 Å². The first-order valence-corrected chi connectivity index (χ1v) is 12.1. The molecule has 4 heterocycles. The summed E-state index contributed by atoms with van der Waals surface area (Å²) in [5, 5.41) is 4.59. The van der Waals surface area contributed by atoms with E-state index in [2.05, 4.69) is 29.8 Å². The molecule has 4 saturated carbocycles. The van der Waals surface area contributed by atoms with E-state index in [9.17, 15) is 0 Å². The minimum atomic E-state index is 0.0384. The van der Waals surface area contributed by atoms with Crippen molar-refractivity contribution in [2.24, 2.45) is 5.41 Å². The number of hydrogen-bond donors (Lipinski definition) is 0. The Labute approximate surface area is 188 Å². The molecule has 3 atom stereocenters. The fourth-order valence-corrected chi connectivity index (χ4v) is 6.74. The number of hydrogen-bond acceptors (Lipinski definition) is 6. The van der Waals surface area contributed by atoms with Crippen molar-refractivity contribution in [1.29, 1.82) is 0 Å². The highest BCUT2D eigenvalue weighted by Gasteiger charge is 2.67. The number of ether oxygens (including phenoxy) is 1. The highest BCUT2D eigenvalue weighted by atomic mass is 16.5. The summed E-state index contributed by atoms with van der Waals surface area (Å²) in [6.45, 7) is 6.54. The summed E-state index contributed by atoms with van der Waals surface area (Å²) in [6.07, 6.45) is 14.2.